The van der Waals surface area contributed by atoms with Crippen LogP contribution < -0.4 is 5.32 Å². The number of nitrogens with one attached hydrogen (secondary N) is 1. The number of hydrogen-bond donors (Lipinski definition) is 1. The van der Waals surface area contributed by atoms with Crippen LogP contribution in [0.4, 0.5) is 0 Å². The van der Waals surface area contributed by atoms with Crippen LogP contribution in [0.3, 0.4) is 0 Å². The van der Waals surface area contributed by atoms with Crippen molar-refractivity contribution in [2.45, 2.75) is 59.4 Å². The molecule has 0 unspecified atom stereocenters. The molecule has 0 heterocycles. The Kier molecular flexibility index (Phi) is 5.56. The largest absolute Gasteiger partial charge is 0.318 e. The zero-order valence-corrected chi connectivity index (χ0v) is 9.41. The van der Waals surface area contributed by atoms with Crippen molar-refractivity contribution in [2.75, 3.05) is 7.05 Å². The Bertz CT molecular complexity index is 104. The van der Waals surface area contributed by atoms with Gasteiger partial charge in [0.05, 0.1) is 0 Å². The molecule has 1 N–H and O–H groups in total. The normalized spacial score (nSPS) is 18.5. The third kappa shape index (κ3) is 6.66. The van der Waals surface area contributed by atoms with E-state index in [1.54, 1.807) is 0 Å². The molecular weight excluding hydrogens is 146 g/mol. The average molecular weight is 171 g/mol. The zero-order chi connectivity index (χ0) is 9.61. The van der Waals surface area contributed by atoms with Gasteiger partial charge in [-0.05, 0) is 31.7 Å². The summed E-state index contributed by atoms with van der Waals surface area (Å²) in [5.74, 6) is 0. The van der Waals surface area contributed by atoms with Gasteiger partial charge >= 0.3 is 0 Å². The van der Waals surface area contributed by atoms with Crippen LogP contribution in [0.2, 0.25) is 0 Å². The summed E-state index contributed by atoms with van der Waals surface area (Å²) in [7, 11) is 1.95. The van der Waals surface area contributed by atoms with Crippen LogP contribution in [0.1, 0.15) is 53.4 Å². The quantitative estimate of drug-likeness (QED) is 0.687. The summed E-state index contributed by atoms with van der Waals surface area (Å²) in [5, 5.41) is 3.03. The van der Waals surface area contributed by atoms with Crippen LogP contribution in [0.5, 0.6) is 0 Å². The third-order valence-corrected chi connectivity index (χ3v) is 2.53. The van der Waals surface area contributed by atoms with Crippen LogP contribution in [-0.4, -0.2) is 13.1 Å². The van der Waals surface area contributed by atoms with Crippen molar-refractivity contribution in [3.05, 3.63) is 0 Å². The lowest BCUT2D eigenvalue weighted by Gasteiger charge is -2.01. The van der Waals surface area contributed by atoms with E-state index < -0.39 is 0 Å². The van der Waals surface area contributed by atoms with Gasteiger partial charge in [0.2, 0.25) is 0 Å². The molecule has 1 aliphatic rings. The molecule has 74 valence electrons. The van der Waals surface area contributed by atoms with Crippen molar-refractivity contribution < 1.29 is 0 Å². The van der Waals surface area contributed by atoms with Gasteiger partial charge in [-0.3, -0.25) is 0 Å². The molecule has 1 aliphatic carbocycles. The summed E-state index contributed by atoms with van der Waals surface area (Å²) < 4.78 is 0. The van der Waals surface area contributed by atoms with E-state index in [1.807, 2.05) is 7.05 Å². The summed E-state index contributed by atoms with van der Waals surface area (Å²) in [6.45, 7) is 8.88. The highest BCUT2D eigenvalue weighted by molar-refractivity contribution is 4.87. The second kappa shape index (κ2) is 5.58. The Hall–Kier alpha value is -0.0400. The monoisotopic (exact) mass is 171 g/mol. The molecule has 1 rings (SSSR count). The van der Waals surface area contributed by atoms with Crippen LogP contribution in [0.15, 0.2) is 0 Å². The molecule has 0 aromatic rings. The molecule has 0 atom stereocenters. The van der Waals surface area contributed by atoms with Crippen molar-refractivity contribution in [3.8, 4) is 0 Å². The smallest absolute Gasteiger partial charge is 0.000733 e. The predicted molar refractivity (Wildman–Crippen MR) is 56.4 cm³/mol. The van der Waals surface area contributed by atoms with Crippen molar-refractivity contribution >= 4 is 0 Å². The molecule has 12 heavy (non-hydrogen) atoms. The fraction of sp³-hybridized carbons (Fsp3) is 1.00. The fourth-order valence-corrected chi connectivity index (χ4v) is 1.07. The summed E-state index contributed by atoms with van der Waals surface area (Å²) >= 11 is 0. The van der Waals surface area contributed by atoms with Gasteiger partial charge in [-0.1, -0.05) is 34.1 Å². The van der Waals surface area contributed by atoms with Crippen molar-refractivity contribution in [3.63, 3.8) is 0 Å². The van der Waals surface area contributed by atoms with E-state index in [4.69, 9.17) is 0 Å². The molecule has 0 bridgehead atoms. The van der Waals surface area contributed by atoms with Crippen molar-refractivity contribution in [2.24, 2.45) is 5.41 Å². The lowest BCUT2D eigenvalue weighted by molar-refractivity contribution is 0.510. The minimum absolute atomic E-state index is 0.634. The fourth-order valence-electron chi connectivity index (χ4n) is 1.07. The first-order valence-electron chi connectivity index (χ1n) is 5.21. The molecule has 0 amide bonds. The minimum atomic E-state index is 0.634. The summed E-state index contributed by atoms with van der Waals surface area (Å²) in [6, 6.07) is 0.634. The summed E-state index contributed by atoms with van der Waals surface area (Å²) in [5.41, 5.74) is 0.800. The lowest BCUT2D eigenvalue weighted by atomic mass is 10.0. The SMILES string of the molecule is CCCC1(C)CC1.CNC(C)C. The molecule has 1 heteroatoms. The van der Waals surface area contributed by atoms with Crippen LogP contribution in [0, 0.1) is 5.41 Å². The van der Waals surface area contributed by atoms with Gasteiger partial charge < -0.3 is 5.32 Å². The van der Waals surface area contributed by atoms with E-state index in [2.05, 4.69) is 33.0 Å². The highest BCUT2D eigenvalue weighted by Gasteiger charge is 2.35. The first-order valence-corrected chi connectivity index (χ1v) is 5.21. The molecule has 1 saturated carbocycles. The van der Waals surface area contributed by atoms with Gasteiger partial charge in [0, 0.05) is 6.04 Å². The standard InChI is InChI=1S/C7H14.C4H11N/c1-3-4-7(2)5-6-7;1-4(2)5-3/h3-6H2,1-2H3;4-5H,1-3H3. The van der Waals surface area contributed by atoms with E-state index >= 15 is 0 Å². The van der Waals surface area contributed by atoms with Gasteiger partial charge in [-0.25, -0.2) is 0 Å². The summed E-state index contributed by atoms with van der Waals surface area (Å²) in [4.78, 5) is 0. The maximum absolute atomic E-state index is 3.03. The topological polar surface area (TPSA) is 12.0 Å². The molecular formula is C11H25N. The number of rotatable bonds is 3. The molecule has 0 aromatic carbocycles. The maximum Gasteiger partial charge on any atom is 0.000733 e. The van der Waals surface area contributed by atoms with Crippen LogP contribution in [0.25, 0.3) is 0 Å². The lowest BCUT2D eigenvalue weighted by Crippen LogP contribution is -2.15. The maximum atomic E-state index is 3.03. The summed E-state index contributed by atoms with van der Waals surface area (Å²) in [6.07, 6.45) is 5.80. The Balaban J connectivity index is 0.000000217. The predicted octanol–water partition coefficient (Wildman–Crippen LogP) is 3.20. The first kappa shape index (κ1) is 12.0. The average Bonchev–Trinajstić information content (AvgIpc) is 2.70. The molecule has 0 radical (unpaired) electrons. The molecule has 0 saturated heterocycles. The van der Waals surface area contributed by atoms with Crippen molar-refractivity contribution in [1.82, 2.24) is 5.32 Å². The van der Waals surface area contributed by atoms with E-state index in [0.717, 1.165) is 5.41 Å². The van der Waals surface area contributed by atoms with Gasteiger partial charge in [-0.2, -0.15) is 0 Å². The van der Waals surface area contributed by atoms with Gasteiger partial charge in [0.1, 0.15) is 0 Å². The zero-order valence-electron chi connectivity index (χ0n) is 9.41. The molecule has 1 fully saturated rings. The van der Waals surface area contributed by atoms with Crippen LogP contribution in [-0.2, 0) is 0 Å². The van der Waals surface area contributed by atoms with Gasteiger partial charge in [0.25, 0.3) is 0 Å². The van der Waals surface area contributed by atoms with E-state index in [0.29, 0.717) is 6.04 Å². The van der Waals surface area contributed by atoms with Crippen molar-refractivity contribution in [1.29, 1.82) is 0 Å². The Morgan fingerprint density at radius 3 is 1.83 bits per heavy atom. The second-order valence-corrected chi connectivity index (χ2v) is 4.50. The number of hydrogen-bond acceptors (Lipinski definition) is 1. The first-order chi connectivity index (χ1) is 5.54. The van der Waals surface area contributed by atoms with Gasteiger partial charge in [0.15, 0.2) is 0 Å². The molecule has 1 nitrogen and oxygen atoms in total. The highest BCUT2D eigenvalue weighted by Crippen LogP contribution is 2.48. The minimum Gasteiger partial charge on any atom is -0.318 e. The molecule has 0 aliphatic heterocycles. The Morgan fingerprint density at radius 2 is 1.75 bits per heavy atom. The van der Waals surface area contributed by atoms with E-state index in [-0.39, 0.29) is 0 Å². The van der Waals surface area contributed by atoms with Crippen LogP contribution >= 0.6 is 0 Å². The Morgan fingerprint density at radius 1 is 1.33 bits per heavy atom. The van der Waals surface area contributed by atoms with Gasteiger partial charge in [-0.15, -0.1) is 0 Å². The van der Waals surface area contributed by atoms with E-state index in [9.17, 15) is 0 Å². The second-order valence-electron chi connectivity index (χ2n) is 4.50. The Labute approximate surface area is 77.9 Å². The molecule has 0 aromatic heterocycles. The third-order valence-electron chi connectivity index (χ3n) is 2.53. The molecule has 0 spiro atoms. The van der Waals surface area contributed by atoms with E-state index in [1.165, 1.54) is 25.7 Å². The highest BCUT2D eigenvalue weighted by atomic mass is 14.8.